The van der Waals surface area contributed by atoms with Crippen molar-refractivity contribution in [3.8, 4) is 0 Å². The molecular formula is C10H9FN2. The normalized spacial score (nSPS) is 10.6. The molecule has 2 N–H and O–H groups in total. The Morgan fingerprint density at radius 3 is 2.85 bits per heavy atom. The van der Waals surface area contributed by atoms with Gasteiger partial charge in [-0.1, -0.05) is 6.07 Å². The second-order valence-electron chi connectivity index (χ2n) is 3.00. The SMILES string of the molecule is Cc1nc(N)cc2ccc(F)cc12. The summed E-state index contributed by atoms with van der Waals surface area (Å²) in [7, 11) is 0. The molecule has 2 aromatic rings. The van der Waals surface area contributed by atoms with E-state index in [4.69, 9.17) is 5.73 Å². The minimum Gasteiger partial charge on any atom is -0.384 e. The van der Waals surface area contributed by atoms with E-state index in [1.54, 1.807) is 12.1 Å². The highest BCUT2D eigenvalue weighted by atomic mass is 19.1. The Labute approximate surface area is 75.2 Å². The molecule has 13 heavy (non-hydrogen) atoms. The van der Waals surface area contributed by atoms with Crippen molar-refractivity contribution in [3.05, 3.63) is 35.8 Å². The molecule has 0 saturated heterocycles. The summed E-state index contributed by atoms with van der Waals surface area (Å²) in [5, 5.41) is 1.74. The van der Waals surface area contributed by atoms with Crippen molar-refractivity contribution >= 4 is 16.6 Å². The molecule has 2 nitrogen and oxygen atoms in total. The third-order valence-corrected chi connectivity index (χ3v) is 2.01. The molecule has 1 heterocycles. The first-order valence-corrected chi connectivity index (χ1v) is 3.99. The minimum absolute atomic E-state index is 0.248. The van der Waals surface area contributed by atoms with Crippen molar-refractivity contribution in [2.45, 2.75) is 6.92 Å². The largest absolute Gasteiger partial charge is 0.384 e. The maximum atomic E-state index is 12.9. The molecule has 0 aliphatic carbocycles. The van der Waals surface area contributed by atoms with Crippen molar-refractivity contribution < 1.29 is 4.39 Å². The molecule has 66 valence electrons. The third kappa shape index (κ3) is 1.33. The van der Waals surface area contributed by atoms with Gasteiger partial charge in [0.1, 0.15) is 11.6 Å². The summed E-state index contributed by atoms with van der Waals surface area (Å²) in [6.07, 6.45) is 0. The summed E-state index contributed by atoms with van der Waals surface area (Å²) >= 11 is 0. The van der Waals surface area contributed by atoms with Crippen LogP contribution in [-0.4, -0.2) is 4.98 Å². The van der Waals surface area contributed by atoms with Crippen LogP contribution in [0.3, 0.4) is 0 Å². The highest BCUT2D eigenvalue weighted by Gasteiger charge is 2.01. The first-order chi connectivity index (χ1) is 6.16. The van der Waals surface area contributed by atoms with E-state index in [0.717, 1.165) is 16.5 Å². The topological polar surface area (TPSA) is 38.9 Å². The monoisotopic (exact) mass is 176 g/mol. The summed E-state index contributed by atoms with van der Waals surface area (Å²) in [6.45, 7) is 1.82. The second kappa shape index (κ2) is 2.69. The zero-order valence-corrected chi connectivity index (χ0v) is 7.21. The molecule has 0 aliphatic rings. The third-order valence-electron chi connectivity index (χ3n) is 2.01. The lowest BCUT2D eigenvalue weighted by Crippen LogP contribution is -1.93. The van der Waals surface area contributed by atoms with Crippen molar-refractivity contribution in [1.29, 1.82) is 0 Å². The van der Waals surface area contributed by atoms with Crippen LogP contribution in [-0.2, 0) is 0 Å². The standard InChI is InChI=1S/C10H9FN2/c1-6-9-5-8(11)3-2-7(9)4-10(12)13-6/h2-5H,1H3,(H2,12,13). The highest BCUT2D eigenvalue weighted by molar-refractivity contribution is 5.86. The molecule has 0 spiro atoms. The van der Waals surface area contributed by atoms with Crippen molar-refractivity contribution in [3.63, 3.8) is 0 Å². The number of rotatable bonds is 0. The summed E-state index contributed by atoms with van der Waals surface area (Å²) in [4.78, 5) is 4.05. The van der Waals surface area contributed by atoms with E-state index in [1.807, 2.05) is 6.92 Å². The summed E-state index contributed by atoms with van der Waals surface area (Å²) < 4.78 is 12.9. The van der Waals surface area contributed by atoms with E-state index in [0.29, 0.717) is 5.82 Å². The number of nitrogen functional groups attached to an aromatic ring is 1. The van der Waals surface area contributed by atoms with Crippen LogP contribution in [0.15, 0.2) is 24.3 Å². The number of anilines is 1. The van der Waals surface area contributed by atoms with Gasteiger partial charge in [0, 0.05) is 11.1 Å². The average Bonchev–Trinajstić information content (AvgIpc) is 2.06. The predicted octanol–water partition coefficient (Wildman–Crippen LogP) is 2.26. The number of pyridine rings is 1. The highest BCUT2D eigenvalue weighted by Crippen LogP contribution is 2.19. The molecular weight excluding hydrogens is 167 g/mol. The molecule has 0 aliphatic heterocycles. The van der Waals surface area contributed by atoms with Gasteiger partial charge in [0.25, 0.3) is 0 Å². The van der Waals surface area contributed by atoms with Crippen LogP contribution < -0.4 is 5.73 Å². The number of benzene rings is 1. The number of hydrogen-bond donors (Lipinski definition) is 1. The molecule has 0 radical (unpaired) electrons. The quantitative estimate of drug-likeness (QED) is 0.668. The average molecular weight is 176 g/mol. The van der Waals surface area contributed by atoms with E-state index >= 15 is 0 Å². The molecule has 0 bridgehead atoms. The van der Waals surface area contributed by atoms with E-state index in [-0.39, 0.29) is 5.82 Å². The molecule has 0 atom stereocenters. The fourth-order valence-electron chi connectivity index (χ4n) is 1.41. The lowest BCUT2D eigenvalue weighted by Gasteiger charge is -2.02. The van der Waals surface area contributed by atoms with E-state index < -0.39 is 0 Å². The van der Waals surface area contributed by atoms with E-state index in [9.17, 15) is 4.39 Å². The van der Waals surface area contributed by atoms with Gasteiger partial charge in [0.2, 0.25) is 0 Å². The zero-order chi connectivity index (χ0) is 9.42. The Hall–Kier alpha value is -1.64. The Bertz CT molecular complexity index is 466. The molecule has 0 unspecified atom stereocenters. The van der Waals surface area contributed by atoms with Gasteiger partial charge in [0.15, 0.2) is 0 Å². The smallest absolute Gasteiger partial charge is 0.124 e. The van der Waals surface area contributed by atoms with Crippen LogP contribution in [0.2, 0.25) is 0 Å². The molecule has 0 amide bonds. The Morgan fingerprint density at radius 1 is 1.31 bits per heavy atom. The molecule has 0 fully saturated rings. The van der Waals surface area contributed by atoms with Crippen molar-refractivity contribution in [2.75, 3.05) is 5.73 Å². The fourth-order valence-corrected chi connectivity index (χ4v) is 1.41. The molecule has 0 saturated carbocycles. The zero-order valence-electron chi connectivity index (χ0n) is 7.21. The number of fused-ring (bicyclic) bond motifs is 1. The first kappa shape index (κ1) is 7.98. The minimum atomic E-state index is -0.248. The first-order valence-electron chi connectivity index (χ1n) is 3.99. The van der Waals surface area contributed by atoms with Gasteiger partial charge in [0.05, 0.1) is 0 Å². The molecule has 3 heteroatoms. The predicted molar refractivity (Wildman–Crippen MR) is 50.9 cm³/mol. The van der Waals surface area contributed by atoms with Gasteiger partial charge in [-0.05, 0) is 30.5 Å². The maximum absolute atomic E-state index is 12.9. The summed E-state index contributed by atoms with van der Waals surface area (Å²) in [6, 6.07) is 6.33. The van der Waals surface area contributed by atoms with Crippen molar-refractivity contribution in [1.82, 2.24) is 4.98 Å². The van der Waals surface area contributed by atoms with Crippen LogP contribution in [0, 0.1) is 12.7 Å². The van der Waals surface area contributed by atoms with Gasteiger partial charge in [-0.15, -0.1) is 0 Å². The number of nitrogens with zero attached hydrogens (tertiary/aromatic N) is 1. The van der Waals surface area contributed by atoms with Crippen LogP contribution in [0.25, 0.3) is 10.8 Å². The number of aryl methyl sites for hydroxylation is 1. The Kier molecular flexibility index (Phi) is 1.65. The van der Waals surface area contributed by atoms with Gasteiger partial charge in [-0.2, -0.15) is 0 Å². The fraction of sp³-hybridized carbons (Fsp3) is 0.100. The lowest BCUT2D eigenvalue weighted by molar-refractivity contribution is 0.629. The molecule has 1 aromatic heterocycles. The van der Waals surface area contributed by atoms with Crippen LogP contribution in [0.1, 0.15) is 5.69 Å². The van der Waals surface area contributed by atoms with Crippen LogP contribution in [0.5, 0.6) is 0 Å². The van der Waals surface area contributed by atoms with Gasteiger partial charge in [-0.25, -0.2) is 9.37 Å². The Balaban J connectivity index is 2.87. The Morgan fingerprint density at radius 2 is 2.08 bits per heavy atom. The van der Waals surface area contributed by atoms with Crippen molar-refractivity contribution in [2.24, 2.45) is 0 Å². The number of nitrogens with two attached hydrogens (primary N) is 1. The van der Waals surface area contributed by atoms with Gasteiger partial charge < -0.3 is 5.73 Å². The summed E-state index contributed by atoms with van der Waals surface area (Å²) in [5.74, 6) is 0.221. The molecule has 2 rings (SSSR count). The van der Waals surface area contributed by atoms with E-state index in [1.165, 1.54) is 12.1 Å². The molecule has 1 aromatic carbocycles. The van der Waals surface area contributed by atoms with Gasteiger partial charge in [-0.3, -0.25) is 0 Å². The van der Waals surface area contributed by atoms with E-state index in [2.05, 4.69) is 4.98 Å². The van der Waals surface area contributed by atoms with Gasteiger partial charge >= 0.3 is 0 Å². The maximum Gasteiger partial charge on any atom is 0.124 e. The number of aromatic nitrogens is 1. The second-order valence-corrected chi connectivity index (χ2v) is 3.00. The lowest BCUT2D eigenvalue weighted by atomic mass is 10.1. The number of halogens is 1. The number of hydrogen-bond acceptors (Lipinski definition) is 2. The summed E-state index contributed by atoms with van der Waals surface area (Å²) in [5.41, 5.74) is 6.32. The van der Waals surface area contributed by atoms with Crippen LogP contribution >= 0.6 is 0 Å². The van der Waals surface area contributed by atoms with Crippen LogP contribution in [0.4, 0.5) is 10.2 Å².